The van der Waals surface area contributed by atoms with Crippen molar-refractivity contribution in [3.63, 3.8) is 0 Å². The van der Waals surface area contributed by atoms with Crippen LogP contribution in [0.15, 0.2) is 47.7 Å². The summed E-state index contributed by atoms with van der Waals surface area (Å²) in [5.74, 6) is 0.619. The summed E-state index contributed by atoms with van der Waals surface area (Å²) in [6, 6.07) is 10.5. The van der Waals surface area contributed by atoms with Crippen molar-refractivity contribution in [3.8, 4) is 0 Å². The molecule has 1 N–H and O–H groups in total. The first-order valence-corrected chi connectivity index (χ1v) is 6.04. The number of nitrogens with one attached hydrogen (secondary N) is 1. The van der Waals surface area contributed by atoms with Gasteiger partial charge >= 0.3 is 0 Å². The van der Waals surface area contributed by atoms with E-state index in [1.807, 2.05) is 12.1 Å². The molecule has 2 aromatic rings. The number of hydrogen-bond donors (Lipinski definition) is 1. The molecule has 1 aromatic carbocycles. The zero-order valence-electron chi connectivity index (χ0n) is 11.2. The highest BCUT2D eigenvalue weighted by molar-refractivity contribution is 5.99. The SMILES string of the molecule is C/C(=N\Nc1ccccn1)c1ccc(C)c([N+](=O)[O-])c1. The van der Waals surface area contributed by atoms with Gasteiger partial charge in [0, 0.05) is 23.4 Å². The third-order valence-electron chi connectivity index (χ3n) is 2.83. The van der Waals surface area contributed by atoms with Crippen molar-refractivity contribution in [1.29, 1.82) is 0 Å². The molecular weight excluding hydrogens is 256 g/mol. The summed E-state index contributed by atoms with van der Waals surface area (Å²) in [6.45, 7) is 3.49. The predicted octanol–water partition coefficient (Wildman–Crippen LogP) is 3.13. The largest absolute Gasteiger partial charge is 0.272 e. The highest BCUT2D eigenvalue weighted by atomic mass is 16.6. The number of hydrogen-bond acceptors (Lipinski definition) is 5. The second-order valence-electron chi connectivity index (χ2n) is 4.28. The molecule has 0 saturated carbocycles. The Morgan fingerprint density at radius 1 is 1.35 bits per heavy atom. The maximum absolute atomic E-state index is 10.9. The average Bonchev–Trinajstić information content (AvgIpc) is 2.46. The highest BCUT2D eigenvalue weighted by Crippen LogP contribution is 2.19. The molecule has 0 spiro atoms. The van der Waals surface area contributed by atoms with Crippen LogP contribution in [-0.4, -0.2) is 15.6 Å². The summed E-state index contributed by atoms with van der Waals surface area (Å²) in [5, 5.41) is 15.1. The lowest BCUT2D eigenvalue weighted by atomic mass is 10.1. The van der Waals surface area contributed by atoms with Crippen molar-refractivity contribution in [3.05, 3.63) is 63.8 Å². The van der Waals surface area contributed by atoms with Crippen LogP contribution in [0.4, 0.5) is 11.5 Å². The van der Waals surface area contributed by atoms with E-state index in [1.165, 1.54) is 6.07 Å². The average molecular weight is 270 g/mol. The van der Waals surface area contributed by atoms with Gasteiger partial charge in [-0.25, -0.2) is 4.98 Å². The number of nitro groups is 1. The normalized spacial score (nSPS) is 11.2. The van der Waals surface area contributed by atoms with Gasteiger partial charge in [-0.3, -0.25) is 15.5 Å². The fraction of sp³-hybridized carbons (Fsp3) is 0.143. The van der Waals surface area contributed by atoms with E-state index in [1.54, 1.807) is 38.2 Å². The van der Waals surface area contributed by atoms with Gasteiger partial charge in [-0.05, 0) is 26.0 Å². The van der Waals surface area contributed by atoms with Gasteiger partial charge in [0.1, 0.15) is 5.82 Å². The Hall–Kier alpha value is -2.76. The number of hydrazone groups is 1. The van der Waals surface area contributed by atoms with E-state index in [0.717, 1.165) is 0 Å². The lowest BCUT2D eigenvalue weighted by Gasteiger charge is -2.04. The Morgan fingerprint density at radius 2 is 2.15 bits per heavy atom. The number of nitrogens with zero attached hydrogens (tertiary/aromatic N) is 3. The Balaban J connectivity index is 2.23. The van der Waals surface area contributed by atoms with Gasteiger partial charge in [0.2, 0.25) is 0 Å². The Morgan fingerprint density at radius 3 is 2.80 bits per heavy atom. The van der Waals surface area contributed by atoms with Gasteiger partial charge in [-0.15, -0.1) is 0 Å². The minimum atomic E-state index is -0.391. The zero-order valence-corrected chi connectivity index (χ0v) is 11.2. The molecule has 0 aliphatic rings. The summed E-state index contributed by atoms with van der Waals surface area (Å²) < 4.78 is 0. The first-order valence-electron chi connectivity index (χ1n) is 6.04. The topological polar surface area (TPSA) is 80.4 Å². The highest BCUT2D eigenvalue weighted by Gasteiger charge is 2.12. The number of nitro benzene ring substituents is 1. The second-order valence-corrected chi connectivity index (χ2v) is 4.28. The summed E-state index contributed by atoms with van der Waals surface area (Å²) in [5.41, 5.74) is 4.89. The molecule has 6 nitrogen and oxygen atoms in total. The van der Waals surface area contributed by atoms with Crippen LogP contribution in [0.1, 0.15) is 18.1 Å². The molecule has 0 aliphatic heterocycles. The molecule has 1 aromatic heterocycles. The van der Waals surface area contributed by atoms with E-state index >= 15 is 0 Å². The van der Waals surface area contributed by atoms with E-state index in [9.17, 15) is 10.1 Å². The van der Waals surface area contributed by atoms with Gasteiger partial charge in [0.25, 0.3) is 5.69 Å². The van der Waals surface area contributed by atoms with Crippen LogP contribution >= 0.6 is 0 Å². The van der Waals surface area contributed by atoms with Gasteiger partial charge in [0.15, 0.2) is 0 Å². The van der Waals surface area contributed by atoms with Crippen molar-refractivity contribution in [2.45, 2.75) is 13.8 Å². The minimum Gasteiger partial charge on any atom is -0.261 e. The second kappa shape index (κ2) is 5.92. The van der Waals surface area contributed by atoms with Crippen LogP contribution in [-0.2, 0) is 0 Å². The smallest absolute Gasteiger partial charge is 0.261 e. The Bertz CT molecular complexity index is 653. The van der Waals surface area contributed by atoms with Gasteiger partial charge in [-0.2, -0.15) is 5.10 Å². The van der Waals surface area contributed by atoms with E-state index in [-0.39, 0.29) is 5.69 Å². The first kappa shape index (κ1) is 13.7. The molecule has 0 saturated heterocycles. The standard InChI is InChI=1S/C14H14N4O2/c1-10-6-7-12(9-13(10)18(19)20)11(2)16-17-14-5-3-4-8-15-14/h3-9H,1-2H3,(H,15,17)/b16-11+. The van der Waals surface area contributed by atoms with Crippen molar-refractivity contribution in [2.24, 2.45) is 5.10 Å². The molecule has 0 aliphatic carbocycles. The molecule has 20 heavy (non-hydrogen) atoms. The number of aryl methyl sites for hydroxylation is 1. The molecule has 0 unspecified atom stereocenters. The Labute approximate surface area is 116 Å². The van der Waals surface area contributed by atoms with Gasteiger partial charge in [0.05, 0.1) is 10.6 Å². The molecule has 0 radical (unpaired) electrons. The van der Waals surface area contributed by atoms with Crippen LogP contribution in [0, 0.1) is 17.0 Å². The van der Waals surface area contributed by atoms with Crippen LogP contribution in [0.25, 0.3) is 0 Å². The lowest BCUT2D eigenvalue weighted by molar-refractivity contribution is -0.385. The first-order chi connectivity index (χ1) is 9.58. The number of pyridine rings is 1. The molecule has 1 heterocycles. The summed E-state index contributed by atoms with van der Waals surface area (Å²) in [7, 11) is 0. The third-order valence-corrected chi connectivity index (χ3v) is 2.83. The van der Waals surface area contributed by atoms with Crippen LogP contribution in [0.5, 0.6) is 0 Å². The molecular formula is C14H14N4O2. The summed E-state index contributed by atoms with van der Waals surface area (Å²) >= 11 is 0. The van der Waals surface area contributed by atoms with E-state index in [2.05, 4.69) is 15.5 Å². The summed E-state index contributed by atoms with van der Waals surface area (Å²) in [4.78, 5) is 14.6. The van der Waals surface area contributed by atoms with Crippen LogP contribution in [0.3, 0.4) is 0 Å². The van der Waals surface area contributed by atoms with E-state index in [0.29, 0.717) is 22.7 Å². The van der Waals surface area contributed by atoms with Gasteiger partial charge in [-0.1, -0.05) is 18.2 Å². The zero-order chi connectivity index (χ0) is 14.5. The van der Waals surface area contributed by atoms with Crippen molar-refractivity contribution in [2.75, 3.05) is 5.43 Å². The van der Waals surface area contributed by atoms with Crippen LogP contribution < -0.4 is 5.43 Å². The number of anilines is 1. The quantitative estimate of drug-likeness (QED) is 0.525. The number of aromatic nitrogens is 1. The molecule has 0 fully saturated rings. The maximum atomic E-state index is 10.9. The molecule has 0 amide bonds. The van der Waals surface area contributed by atoms with E-state index < -0.39 is 4.92 Å². The molecule has 0 bridgehead atoms. The third kappa shape index (κ3) is 3.17. The minimum absolute atomic E-state index is 0.0925. The maximum Gasteiger partial charge on any atom is 0.272 e. The predicted molar refractivity (Wildman–Crippen MR) is 77.9 cm³/mol. The lowest BCUT2D eigenvalue weighted by Crippen LogP contribution is -2.02. The molecule has 2 rings (SSSR count). The Kier molecular flexibility index (Phi) is 4.05. The fourth-order valence-electron chi connectivity index (χ4n) is 1.67. The summed E-state index contributed by atoms with van der Waals surface area (Å²) in [6.07, 6.45) is 1.66. The number of benzene rings is 1. The fourth-order valence-corrected chi connectivity index (χ4v) is 1.67. The van der Waals surface area contributed by atoms with Crippen molar-refractivity contribution < 1.29 is 4.92 Å². The molecule has 0 atom stereocenters. The molecule has 6 heteroatoms. The van der Waals surface area contributed by atoms with Gasteiger partial charge < -0.3 is 0 Å². The van der Waals surface area contributed by atoms with Crippen LogP contribution in [0.2, 0.25) is 0 Å². The van der Waals surface area contributed by atoms with Crippen molar-refractivity contribution in [1.82, 2.24) is 4.98 Å². The van der Waals surface area contributed by atoms with Crippen molar-refractivity contribution >= 4 is 17.2 Å². The monoisotopic (exact) mass is 270 g/mol. The molecule has 102 valence electrons. The van der Waals surface area contributed by atoms with E-state index in [4.69, 9.17) is 0 Å². The number of rotatable bonds is 4.